The number of ether oxygens (including phenoxy) is 2. The van der Waals surface area contributed by atoms with Crippen LogP contribution in [0.15, 0.2) is 23.8 Å². The van der Waals surface area contributed by atoms with E-state index < -0.39 is 10.3 Å². The van der Waals surface area contributed by atoms with Gasteiger partial charge in [0.15, 0.2) is 11.5 Å². The van der Waals surface area contributed by atoms with Crippen LogP contribution in [0.2, 0.25) is 0 Å². The number of fused-ring (bicyclic) bond motifs is 5. The minimum absolute atomic E-state index is 0.167. The van der Waals surface area contributed by atoms with E-state index in [1.54, 1.807) is 11.6 Å². The Bertz CT molecular complexity index is 910. The van der Waals surface area contributed by atoms with Crippen LogP contribution in [-0.2, 0) is 21.5 Å². The second kappa shape index (κ2) is 7.04. The summed E-state index contributed by atoms with van der Waals surface area (Å²) >= 11 is 0. The summed E-state index contributed by atoms with van der Waals surface area (Å²) in [5.74, 6) is 1.51. The molecule has 0 unspecified atom stereocenters. The molecule has 0 aromatic heterocycles. The van der Waals surface area contributed by atoms with Gasteiger partial charge in [-0.05, 0) is 73.6 Å². The number of rotatable bonds is 5. The zero-order valence-corrected chi connectivity index (χ0v) is 17.6. The van der Waals surface area contributed by atoms with Gasteiger partial charge in [-0.15, -0.1) is 0 Å². The molecule has 4 atom stereocenters. The molecule has 154 valence electrons. The summed E-state index contributed by atoms with van der Waals surface area (Å²) in [7, 11) is -0.745. The van der Waals surface area contributed by atoms with Crippen molar-refractivity contribution in [3.05, 3.63) is 34.9 Å². The van der Waals surface area contributed by atoms with Crippen molar-refractivity contribution in [2.45, 2.75) is 57.5 Å². The quantitative estimate of drug-likeness (QED) is 0.755. The largest absolute Gasteiger partial charge is 0.493 e. The van der Waals surface area contributed by atoms with Crippen LogP contribution >= 0.6 is 0 Å². The van der Waals surface area contributed by atoms with Gasteiger partial charge in [0.1, 0.15) is 0 Å². The van der Waals surface area contributed by atoms with Gasteiger partial charge in [0.25, 0.3) is 0 Å². The number of methoxy groups -OCH3 is 2. The van der Waals surface area contributed by atoms with Gasteiger partial charge in [-0.3, -0.25) is 0 Å². The van der Waals surface area contributed by atoms with Crippen molar-refractivity contribution in [2.75, 3.05) is 14.2 Å². The van der Waals surface area contributed by atoms with Crippen molar-refractivity contribution in [2.24, 2.45) is 16.5 Å². The van der Waals surface area contributed by atoms with Crippen molar-refractivity contribution in [3.63, 3.8) is 0 Å². The third kappa shape index (κ3) is 3.04. The van der Waals surface area contributed by atoms with Crippen LogP contribution in [0.5, 0.6) is 11.5 Å². The van der Waals surface area contributed by atoms with Crippen molar-refractivity contribution in [1.82, 2.24) is 0 Å². The first-order valence-electron chi connectivity index (χ1n) is 9.99. The number of hydrogen-bond acceptors (Lipinski definition) is 5. The Balaban J connectivity index is 1.71. The SMILES string of the molecule is CC[C@]12CC[C@@H]3c4cc(OC)c(OS(N)(=O)=O)cc4CC[C@H]3C1=CC[C@H]2OC. The normalized spacial score (nSPS) is 31.4. The van der Waals surface area contributed by atoms with E-state index in [0.29, 0.717) is 17.6 Å². The zero-order chi connectivity index (χ0) is 20.1. The highest BCUT2D eigenvalue weighted by atomic mass is 32.2. The Hall–Kier alpha value is -1.57. The maximum atomic E-state index is 11.4. The van der Waals surface area contributed by atoms with Gasteiger partial charge in [-0.1, -0.05) is 18.6 Å². The van der Waals surface area contributed by atoms with E-state index in [1.165, 1.54) is 12.7 Å². The van der Waals surface area contributed by atoms with Crippen LogP contribution in [0.25, 0.3) is 0 Å². The monoisotopic (exact) mass is 407 g/mol. The summed E-state index contributed by atoms with van der Waals surface area (Å²) in [6, 6.07) is 3.74. The molecule has 2 N–H and O–H groups in total. The van der Waals surface area contributed by atoms with Crippen molar-refractivity contribution >= 4 is 10.3 Å². The number of nitrogens with two attached hydrogens (primary N) is 1. The summed E-state index contributed by atoms with van der Waals surface area (Å²) in [5, 5.41) is 5.06. The third-order valence-corrected chi connectivity index (χ3v) is 7.61. The standard InChI is InChI=1S/C21H29NO5S/c1-4-21-10-9-14-15(17(21)7-8-20(21)26-3)6-5-13-11-19(27-28(22,23)24)18(25-2)12-16(13)14/h7,11-12,14-15,20H,4-6,8-10H2,1-3H3,(H2,22,23,24)/t14-,15+,20+,21-/m0/s1. The Labute approximate surface area is 167 Å². The molecule has 0 amide bonds. The topological polar surface area (TPSA) is 87.9 Å². The Kier molecular flexibility index (Phi) is 4.96. The molecule has 0 aliphatic heterocycles. The van der Waals surface area contributed by atoms with E-state index in [-0.39, 0.29) is 17.3 Å². The fourth-order valence-corrected chi connectivity index (χ4v) is 6.39. The molecule has 1 saturated carbocycles. The van der Waals surface area contributed by atoms with Gasteiger partial charge in [-0.25, -0.2) is 0 Å². The average molecular weight is 408 g/mol. The van der Waals surface area contributed by atoms with Gasteiger partial charge in [-0.2, -0.15) is 13.6 Å². The summed E-state index contributed by atoms with van der Waals surface area (Å²) in [6.45, 7) is 2.28. The lowest BCUT2D eigenvalue weighted by atomic mass is 9.56. The van der Waals surface area contributed by atoms with Crippen LogP contribution in [0, 0.1) is 11.3 Å². The van der Waals surface area contributed by atoms with Gasteiger partial charge in [0.2, 0.25) is 0 Å². The lowest BCUT2D eigenvalue weighted by molar-refractivity contribution is -0.00428. The minimum Gasteiger partial charge on any atom is -0.493 e. The smallest absolute Gasteiger partial charge is 0.380 e. The van der Waals surface area contributed by atoms with Gasteiger partial charge in [0.05, 0.1) is 13.2 Å². The zero-order valence-electron chi connectivity index (χ0n) is 16.7. The fourth-order valence-electron chi connectivity index (χ4n) is 6.01. The van der Waals surface area contributed by atoms with E-state index in [1.807, 2.05) is 13.2 Å². The van der Waals surface area contributed by atoms with E-state index >= 15 is 0 Å². The van der Waals surface area contributed by atoms with Gasteiger partial charge in [0, 0.05) is 12.5 Å². The molecule has 3 aliphatic carbocycles. The highest BCUT2D eigenvalue weighted by molar-refractivity contribution is 7.84. The minimum atomic E-state index is -4.09. The lowest BCUT2D eigenvalue weighted by Gasteiger charge is -2.49. The van der Waals surface area contributed by atoms with Gasteiger partial charge >= 0.3 is 10.3 Å². The molecule has 6 nitrogen and oxygen atoms in total. The number of benzene rings is 1. The van der Waals surface area contributed by atoms with Crippen molar-refractivity contribution in [1.29, 1.82) is 0 Å². The van der Waals surface area contributed by atoms with E-state index in [2.05, 4.69) is 13.0 Å². The van der Waals surface area contributed by atoms with Crippen LogP contribution in [0.1, 0.15) is 56.1 Å². The second-order valence-corrected chi connectivity index (χ2v) is 9.35. The van der Waals surface area contributed by atoms with Crippen LogP contribution in [0.3, 0.4) is 0 Å². The molecule has 1 aromatic rings. The first kappa shape index (κ1) is 19.7. The molecule has 1 fully saturated rings. The molecule has 4 rings (SSSR count). The highest BCUT2D eigenvalue weighted by Gasteiger charge is 2.52. The molecule has 1 aromatic carbocycles. The summed E-state index contributed by atoms with van der Waals surface area (Å²) in [6.07, 6.45) is 8.98. The first-order chi connectivity index (χ1) is 13.3. The Morgan fingerprint density at radius 3 is 2.61 bits per heavy atom. The molecule has 0 radical (unpaired) electrons. The average Bonchev–Trinajstić information content (AvgIpc) is 3.05. The Morgan fingerprint density at radius 1 is 1.18 bits per heavy atom. The molecule has 7 heteroatoms. The van der Waals surface area contributed by atoms with E-state index in [0.717, 1.165) is 44.1 Å². The maximum Gasteiger partial charge on any atom is 0.380 e. The van der Waals surface area contributed by atoms with Crippen LogP contribution in [-0.4, -0.2) is 28.7 Å². The van der Waals surface area contributed by atoms with Gasteiger partial charge < -0.3 is 13.7 Å². The second-order valence-electron chi connectivity index (χ2n) is 8.20. The molecular weight excluding hydrogens is 378 g/mol. The van der Waals surface area contributed by atoms with E-state index in [9.17, 15) is 8.42 Å². The molecule has 28 heavy (non-hydrogen) atoms. The lowest BCUT2D eigenvalue weighted by Crippen LogP contribution is -2.42. The molecule has 0 saturated heterocycles. The molecule has 0 spiro atoms. The van der Waals surface area contributed by atoms with E-state index in [4.69, 9.17) is 18.8 Å². The number of hydrogen-bond donors (Lipinski definition) is 1. The predicted octanol–water partition coefficient (Wildman–Crippen LogP) is 3.46. The summed E-state index contributed by atoms with van der Waals surface area (Å²) < 4.78 is 39.0. The predicted molar refractivity (Wildman–Crippen MR) is 107 cm³/mol. The Morgan fingerprint density at radius 2 is 1.96 bits per heavy atom. The maximum absolute atomic E-state index is 11.4. The fraction of sp³-hybridized carbons (Fsp3) is 0.619. The third-order valence-electron chi connectivity index (χ3n) is 7.20. The summed E-state index contributed by atoms with van der Waals surface area (Å²) in [5.41, 5.74) is 4.13. The first-order valence-corrected chi connectivity index (χ1v) is 11.5. The number of aryl methyl sites for hydroxylation is 1. The van der Waals surface area contributed by atoms with Crippen LogP contribution < -0.4 is 14.1 Å². The summed E-state index contributed by atoms with van der Waals surface area (Å²) in [4.78, 5) is 0. The molecule has 0 bridgehead atoms. The molecule has 0 heterocycles. The molecule has 3 aliphatic rings. The van der Waals surface area contributed by atoms with Crippen molar-refractivity contribution < 1.29 is 22.1 Å². The van der Waals surface area contributed by atoms with Crippen LogP contribution in [0.4, 0.5) is 0 Å². The highest BCUT2D eigenvalue weighted by Crippen LogP contribution is 2.61. The van der Waals surface area contributed by atoms with Crippen molar-refractivity contribution in [3.8, 4) is 11.5 Å². The molecular formula is C21H29NO5S.